The van der Waals surface area contributed by atoms with Crippen LogP contribution in [0.1, 0.15) is 18.4 Å². The molecule has 2 aliphatic heterocycles. The van der Waals surface area contributed by atoms with E-state index in [4.69, 9.17) is 17.0 Å². The van der Waals surface area contributed by atoms with E-state index in [0.29, 0.717) is 29.5 Å². The highest BCUT2D eigenvalue weighted by atomic mass is 32.1. The minimum Gasteiger partial charge on any atom is -0.435 e. The van der Waals surface area contributed by atoms with Gasteiger partial charge in [0.2, 0.25) is 0 Å². The zero-order valence-electron chi connectivity index (χ0n) is 12.7. The van der Waals surface area contributed by atoms with Crippen LogP contribution in [0.15, 0.2) is 30.0 Å². The number of benzene rings is 1. The molecule has 8 heteroatoms. The Morgan fingerprint density at radius 2 is 2.17 bits per heavy atom. The lowest BCUT2D eigenvalue weighted by molar-refractivity contribution is -0.123. The van der Waals surface area contributed by atoms with Crippen LogP contribution in [0.2, 0.25) is 0 Å². The minimum atomic E-state index is -2.86. The van der Waals surface area contributed by atoms with Crippen LogP contribution in [0.4, 0.5) is 8.78 Å². The number of carbonyl (C=O) groups excluding carboxylic acids is 1. The molecular formula is C16H16F2N2O3S. The van der Waals surface area contributed by atoms with E-state index in [1.807, 2.05) is 0 Å². The van der Waals surface area contributed by atoms with Crippen molar-refractivity contribution in [3.8, 4) is 5.75 Å². The van der Waals surface area contributed by atoms with Gasteiger partial charge in [0, 0.05) is 6.61 Å². The predicted molar refractivity (Wildman–Crippen MR) is 87.5 cm³/mol. The highest BCUT2D eigenvalue weighted by Gasteiger charge is 2.33. The molecule has 0 saturated carbocycles. The quantitative estimate of drug-likeness (QED) is 0.650. The number of nitrogens with one attached hydrogen (secondary N) is 1. The maximum Gasteiger partial charge on any atom is 0.387 e. The molecule has 1 unspecified atom stereocenters. The summed E-state index contributed by atoms with van der Waals surface area (Å²) < 4.78 is 34.1. The van der Waals surface area contributed by atoms with Gasteiger partial charge in [-0.1, -0.05) is 12.1 Å². The third kappa shape index (κ3) is 3.88. The molecule has 2 heterocycles. The van der Waals surface area contributed by atoms with Crippen molar-refractivity contribution in [3.05, 3.63) is 35.5 Å². The summed E-state index contributed by atoms with van der Waals surface area (Å²) in [7, 11) is 0. The van der Waals surface area contributed by atoms with E-state index in [2.05, 4.69) is 10.1 Å². The number of hydrogen-bond donors (Lipinski definition) is 1. The maximum absolute atomic E-state index is 12.4. The Labute approximate surface area is 143 Å². The number of alkyl halides is 2. The second-order valence-corrected chi connectivity index (χ2v) is 5.87. The molecule has 5 nitrogen and oxygen atoms in total. The van der Waals surface area contributed by atoms with Gasteiger partial charge in [-0.3, -0.25) is 9.69 Å². The predicted octanol–water partition coefficient (Wildman–Crippen LogP) is 2.52. The van der Waals surface area contributed by atoms with Crippen molar-refractivity contribution >= 4 is 29.3 Å². The van der Waals surface area contributed by atoms with E-state index in [1.54, 1.807) is 18.2 Å². The van der Waals surface area contributed by atoms with Gasteiger partial charge in [0.1, 0.15) is 11.4 Å². The van der Waals surface area contributed by atoms with Crippen LogP contribution in [0.5, 0.6) is 5.75 Å². The van der Waals surface area contributed by atoms with Gasteiger partial charge in [0.05, 0.1) is 12.6 Å². The number of carbonyl (C=O) groups is 1. The topological polar surface area (TPSA) is 50.8 Å². The second kappa shape index (κ2) is 7.23. The minimum absolute atomic E-state index is 0.0128. The Hall–Kier alpha value is -2.06. The SMILES string of the molecule is O=C1C(=Cc2ccc(OC(F)F)cc2)NC(=S)N1CC1CCCO1. The fourth-order valence-electron chi connectivity index (χ4n) is 2.64. The van der Waals surface area contributed by atoms with Gasteiger partial charge in [0.15, 0.2) is 5.11 Å². The number of nitrogens with zero attached hydrogens (tertiary/aromatic N) is 1. The number of hydrogen-bond acceptors (Lipinski definition) is 4. The molecule has 2 fully saturated rings. The first-order valence-corrected chi connectivity index (χ1v) is 7.95. The number of halogens is 2. The van der Waals surface area contributed by atoms with Crippen LogP contribution < -0.4 is 10.1 Å². The van der Waals surface area contributed by atoms with Crippen LogP contribution in [0, 0.1) is 0 Å². The number of amides is 1. The summed E-state index contributed by atoms with van der Waals surface area (Å²) in [5.41, 5.74) is 1.02. The summed E-state index contributed by atoms with van der Waals surface area (Å²) in [5, 5.41) is 3.23. The van der Waals surface area contributed by atoms with Gasteiger partial charge in [-0.25, -0.2) is 0 Å². The van der Waals surface area contributed by atoms with Crippen LogP contribution >= 0.6 is 12.2 Å². The first-order valence-electron chi connectivity index (χ1n) is 7.54. The molecule has 3 rings (SSSR count). The van der Waals surface area contributed by atoms with Crippen molar-refractivity contribution in [3.63, 3.8) is 0 Å². The maximum atomic E-state index is 12.4. The molecule has 0 radical (unpaired) electrons. The fraction of sp³-hybridized carbons (Fsp3) is 0.375. The molecule has 2 saturated heterocycles. The molecule has 1 N–H and O–H groups in total. The molecule has 0 bridgehead atoms. The monoisotopic (exact) mass is 354 g/mol. The van der Waals surface area contributed by atoms with Gasteiger partial charge in [-0.15, -0.1) is 0 Å². The lowest BCUT2D eigenvalue weighted by atomic mass is 10.2. The smallest absolute Gasteiger partial charge is 0.387 e. The highest BCUT2D eigenvalue weighted by molar-refractivity contribution is 7.80. The van der Waals surface area contributed by atoms with Crippen molar-refractivity contribution in [2.75, 3.05) is 13.2 Å². The van der Waals surface area contributed by atoms with E-state index in [0.717, 1.165) is 12.8 Å². The van der Waals surface area contributed by atoms with Gasteiger partial charge < -0.3 is 14.8 Å². The summed E-state index contributed by atoms with van der Waals surface area (Å²) in [5.74, 6) is -0.156. The lowest BCUT2D eigenvalue weighted by Crippen LogP contribution is -2.37. The number of rotatable bonds is 5. The summed E-state index contributed by atoms with van der Waals surface area (Å²) in [6.07, 6.45) is 3.54. The number of thiocarbonyl (C=S) groups is 1. The molecule has 1 aromatic carbocycles. The van der Waals surface area contributed by atoms with Crippen molar-refractivity contribution in [1.82, 2.24) is 10.2 Å². The van der Waals surface area contributed by atoms with E-state index < -0.39 is 6.61 Å². The Morgan fingerprint density at radius 3 is 2.79 bits per heavy atom. The standard InChI is InChI=1S/C16H16F2N2O3S/c17-15(18)23-11-5-3-10(4-6-11)8-13-14(21)20(16(24)19-13)9-12-2-1-7-22-12/h3-6,8,12,15H,1-2,7,9H2,(H,19,24). The summed E-state index contributed by atoms with van der Waals surface area (Å²) in [4.78, 5) is 13.9. The Bertz CT molecular complexity index is 658. The zero-order chi connectivity index (χ0) is 17.1. The highest BCUT2D eigenvalue weighted by Crippen LogP contribution is 2.20. The second-order valence-electron chi connectivity index (χ2n) is 5.49. The normalized spacial score (nSPS) is 22.5. The van der Waals surface area contributed by atoms with E-state index >= 15 is 0 Å². The molecular weight excluding hydrogens is 338 g/mol. The summed E-state index contributed by atoms with van der Waals surface area (Å²) >= 11 is 5.21. The van der Waals surface area contributed by atoms with Gasteiger partial charge in [0.25, 0.3) is 5.91 Å². The first kappa shape index (κ1) is 16.8. The molecule has 1 aromatic rings. The first-order chi connectivity index (χ1) is 11.5. The third-order valence-electron chi connectivity index (χ3n) is 3.79. The summed E-state index contributed by atoms with van der Waals surface area (Å²) in [6, 6.07) is 6.01. The molecule has 24 heavy (non-hydrogen) atoms. The molecule has 0 aliphatic carbocycles. The summed E-state index contributed by atoms with van der Waals surface area (Å²) in [6.45, 7) is -1.72. The largest absolute Gasteiger partial charge is 0.435 e. The average Bonchev–Trinajstić information content (AvgIpc) is 3.13. The molecule has 0 spiro atoms. The number of ether oxygens (including phenoxy) is 2. The van der Waals surface area contributed by atoms with Crippen molar-refractivity contribution in [2.24, 2.45) is 0 Å². The van der Waals surface area contributed by atoms with Gasteiger partial charge in [-0.05, 0) is 48.8 Å². The average molecular weight is 354 g/mol. The molecule has 1 amide bonds. The van der Waals surface area contributed by atoms with Gasteiger partial charge >= 0.3 is 6.61 Å². The molecule has 1 atom stereocenters. The van der Waals surface area contributed by atoms with Crippen molar-refractivity contribution < 1.29 is 23.0 Å². The Morgan fingerprint density at radius 1 is 1.42 bits per heavy atom. The molecule has 0 aromatic heterocycles. The Balaban J connectivity index is 1.68. The van der Waals surface area contributed by atoms with Crippen molar-refractivity contribution in [2.45, 2.75) is 25.6 Å². The van der Waals surface area contributed by atoms with E-state index in [-0.39, 0.29) is 17.8 Å². The molecule has 2 aliphatic rings. The van der Waals surface area contributed by atoms with Crippen LogP contribution in [-0.4, -0.2) is 41.8 Å². The molecule has 128 valence electrons. The van der Waals surface area contributed by atoms with Crippen molar-refractivity contribution in [1.29, 1.82) is 0 Å². The zero-order valence-corrected chi connectivity index (χ0v) is 13.5. The van der Waals surface area contributed by atoms with E-state index in [9.17, 15) is 13.6 Å². The van der Waals surface area contributed by atoms with Crippen LogP contribution in [0.25, 0.3) is 6.08 Å². The van der Waals surface area contributed by atoms with Crippen LogP contribution in [0.3, 0.4) is 0 Å². The van der Waals surface area contributed by atoms with E-state index in [1.165, 1.54) is 17.0 Å². The lowest BCUT2D eigenvalue weighted by Gasteiger charge is -2.18. The third-order valence-corrected chi connectivity index (χ3v) is 4.11. The van der Waals surface area contributed by atoms with Gasteiger partial charge in [-0.2, -0.15) is 8.78 Å². The van der Waals surface area contributed by atoms with Crippen LogP contribution in [-0.2, 0) is 9.53 Å². The Kier molecular flexibility index (Phi) is 5.06. The fourth-order valence-corrected chi connectivity index (χ4v) is 2.91.